The molecule has 18 heavy (non-hydrogen) atoms. The van der Waals surface area contributed by atoms with Crippen molar-refractivity contribution in [2.45, 2.75) is 58.8 Å². The van der Waals surface area contributed by atoms with Gasteiger partial charge in [-0.2, -0.15) is 0 Å². The van der Waals surface area contributed by atoms with Crippen molar-refractivity contribution in [2.75, 3.05) is 19.8 Å². The number of hydrogen-bond acceptors (Lipinski definition) is 5. The first-order valence-electron chi connectivity index (χ1n) is 6.48. The van der Waals surface area contributed by atoms with Gasteiger partial charge in [0.2, 0.25) is 0 Å². The lowest BCUT2D eigenvalue weighted by molar-refractivity contribution is -0.243. The van der Waals surface area contributed by atoms with Gasteiger partial charge in [0.05, 0.1) is 6.42 Å². The van der Waals surface area contributed by atoms with E-state index >= 15 is 0 Å². The van der Waals surface area contributed by atoms with Crippen molar-refractivity contribution in [2.24, 2.45) is 5.73 Å². The zero-order valence-electron chi connectivity index (χ0n) is 12.2. The lowest BCUT2D eigenvalue weighted by atomic mass is 10.1. The van der Waals surface area contributed by atoms with Gasteiger partial charge in [0.1, 0.15) is 5.60 Å². The predicted molar refractivity (Wildman–Crippen MR) is 70.1 cm³/mol. The summed E-state index contributed by atoms with van der Waals surface area (Å²) in [5.74, 6) is -1.29. The Hall–Kier alpha value is -0.650. The second-order valence-corrected chi connectivity index (χ2v) is 5.08. The fourth-order valence-electron chi connectivity index (χ4n) is 1.72. The van der Waals surface area contributed by atoms with Crippen LogP contribution in [0.15, 0.2) is 0 Å². The highest BCUT2D eigenvalue weighted by Gasteiger charge is 2.35. The van der Waals surface area contributed by atoms with Crippen molar-refractivity contribution in [3.8, 4) is 0 Å². The third kappa shape index (κ3) is 6.93. The molecule has 0 saturated heterocycles. The van der Waals surface area contributed by atoms with Gasteiger partial charge in [0.15, 0.2) is 5.79 Å². The molecule has 0 fully saturated rings. The number of carbonyl (C=O) groups excluding carboxylic acids is 1. The largest absolute Gasteiger partial charge is 0.460 e. The van der Waals surface area contributed by atoms with Crippen LogP contribution in [0.1, 0.15) is 47.5 Å². The van der Waals surface area contributed by atoms with E-state index in [0.29, 0.717) is 26.2 Å². The van der Waals surface area contributed by atoms with E-state index in [0.717, 1.165) is 0 Å². The number of carbonyl (C=O) groups is 1. The normalized spacial score (nSPS) is 12.6. The van der Waals surface area contributed by atoms with Crippen LogP contribution < -0.4 is 5.73 Å². The van der Waals surface area contributed by atoms with Crippen LogP contribution in [0.2, 0.25) is 0 Å². The molecule has 0 amide bonds. The summed E-state index contributed by atoms with van der Waals surface area (Å²) in [6.07, 6.45) is 0.525. The second-order valence-electron chi connectivity index (χ2n) is 5.08. The summed E-state index contributed by atoms with van der Waals surface area (Å²) in [6.45, 7) is 10.5. The Kier molecular flexibility index (Phi) is 7.43. The van der Waals surface area contributed by atoms with Gasteiger partial charge < -0.3 is 19.9 Å². The third-order valence-electron chi connectivity index (χ3n) is 2.17. The zero-order valence-corrected chi connectivity index (χ0v) is 12.2. The molecule has 0 aliphatic carbocycles. The van der Waals surface area contributed by atoms with E-state index in [9.17, 15) is 4.79 Å². The SMILES string of the molecule is CCOC(CCN)(CC(=O)OC(C)(C)C)OCC. The van der Waals surface area contributed by atoms with Gasteiger partial charge in [-0.05, 0) is 41.2 Å². The minimum absolute atomic E-state index is 0.0587. The van der Waals surface area contributed by atoms with Gasteiger partial charge >= 0.3 is 5.97 Å². The van der Waals surface area contributed by atoms with E-state index in [-0.39, 0.29) is 12.4 Å². The molecule has 5 nitrogen and oxygen atoms in total. The van der Waals surface area contributed by atoms with Crippen LogP contribution in [0, 0.1) is 0 Å². The van der Waals surface area contributed by atoms with E-state index in [1.165, 1.54) is 0 Å². The van der Waals surface area contributed by atoms with Gasteiger partial charge in [-0.3, -0.25) is 4.79 Å². The smallest absolute Gasteiger partial charge is 0.311 e. The quantitative estimate of drug-likeness (QED) is 0.533. The number of rotatable bonds is 8. The van der Waals surface area contributed by atoms with E-state index in [4.69, 9.17) is 19.9 Å². The van der Waals surface area contributed by atoms with E-state index in [2.05, 4.69) is 0 Å². The zero-order chi connectivity index (χ0) is 14.2. The first-order valence-corrected chi connectivity index (χ1v) is 6.48. The molecule has 0 aromatic heterocycles. The van der Waals surface area contributed by atoms with Crippen molar-refractivity contribution < 1.29 is 19.0 Å². The summed E-state index contributed by atoms with van der Waals surface area (Å²) in [5.41, 5.74) is 5.06. The molecule has 0 aromatic carbocycles. The molecule has 0 aromatic rings. The molecule has 0 rings (SSSR count). The monoisotopic (exact) mass is 261 g/mol. The van der Waals surface area contributed by atoms with Crippen LogP contribution in [-0.2, 0) is 19.0 Å². The fourth-order valence-corrected chi connectivity index (χ4v) is 1.72. The summed E-state index contributed by atoms with van der Waals surface area (Å²) in [7, 11) is 0. The third-order valence-corrected chi connectivity index (χ3v) is 2.17. The van der Waals surface area contributed by atoms with Gasteiger partial charge in [0, 0.05) is 19.6 Å². The van der Waals surface area contributed by atoms with Gasteiger partial charge in [-0.15, -0.1) is 0 Å². The van der Waals surface area contributed by atoms with Crippen LogP contribution in [0.3, 0.4) is 0 Å². The van der Waals surface area contributed by atoms with Crippen LogP contribution in [0.4, 0.5) is 0 Å². The Bertz CT molecular complexity index is 231. The Morgan fingerprint density at radius 2 is 1.61 bits per heavy atom. The first kappa shape index (κ1) is 17.4. The number of nitrogens with two attached hydrogens (primary N) is 1. The van der Waals surface area contributed by atoms with Crippen molar-refractivity contribution >= 4 is 5.97 Å². The molecule has 2 N–H and O–H groups in total. The van der Waals surface area contributed by atoms with Crippen LogP contribution in [0.5, 0.6) is 0 Å². The van der Waals surface area contributed by atoms with Crippen LogP contribution in [-0.4, -0.2) is 37.1 Å². The lowest BCUT2D eigenvalue weighted by Crippen LogP contribution is -2.42. The summed E-state index contributed by atoms with van der Waals surface area (Å²) >= 11 is 0. The maximum atomic E-state index is 11.9. The highest BCUT2D eigenvalue weighted by Crippen LogP contribution is 2.24. The molecule has 0 aliphatic heterocycles. The predicted octanol–water partition coefficient (Wildman–Crippen LogP) is 1.84. The Balaban J connectivity index is 4.69. The van der Waals surface area contributed by atoms with E-state index in [1.54, 1.807) is 0 Å². The number of ether oxygens (including phenoxy) is 3. The Morgan fingerprint density at radius 3 is 1.94 bits per heavy atom. The molecule has 108 valence electrons. The summed E-state index contributed by atoms with van der Waals surface area (Å²) in [5, 5.41) is 0. The molecule has 0 atom stereocenters. The maximum absolute atomic E-state index is 11.9. The van der Waals surface area contributed by atoms with Crippen molar-refractivity contribution in [1.29, 1.82) is 0 Å². The van der Waals surface area contributed by atoms with Gasteiger partial charge in [-0.1, -0.05) is 0 Å². The van der Waals surface area contributed by atoms with Crippen molar-refractivity contribution in [3.63, 3.8) is 0 Å². The van der Waals surface area contributed by atoms with Crippen molar-refractivity contribution in [3.05, 3.63) is 0 Å². The first-order chi connectivity index (χ1) is 8.28. The standard InChI is InChI=1S/C13H27NO4/c1-6-16-13(8-9-14,17-7-2)10-11(15)18-12(3,4)5/h6-10,14H2,1-5H3. The minimum atomic E-state index is -0.958. The van der Waals surface area contributed by atoms with Crippen molar-refractivity contribution in [1.82, 2.24) is 0 Å². The molecule has 0 saturated carbocycles. The molecule has 5 heteroatoms. The van der Waals surface area contributed by atoms with E-state index < -0.39 is 11.4 Å². The van der Waals surface area contributed by atoms with Gasteiger partial charge in [-0.25, -0.2) is 0 Å². The van der Waals surface area contributed by atoms with E-state index in [1.807, 2.05) is 34.6 Å². The highest BCUT2D eigenvalue weighted by atomic mass is 16.7. The maximum Gasteiger partial charge on any atom is 0.311 e. The number of hydrogen-bond donors (Lipinski definition) is 1. The van der Waals surface area contributed by atoms with Gasteiger partial charge in [0.25, 0.3) is 0 Å². The lowest BCUT2D eigenvalue weighted by Gasteiger charge is -2.33. The fraction of sp³-hybridized carbons (Fsp3) is 0.923. The molecule has 0 aliphatic rings. The topological polar surface area (TPSA) is 70.8 Å². The Morgan fingerprint density at radius 1 is 1.11 bits per heavy atom. The molecule has 0 unspecified atom stereocenters. The summed E-state index contributed by atoms with van der Waals surface area (Å²) < 4.78 is 16.5. The van der Waals surface area contributed by atoms with Crippen LogP contribution in [0.25, 0.3) is 0 Å². The summed E-state index contributed by atoms with van der Waals surface area (Å²) in [6, 6.07) is 0. The molecular weight excluding hydrogens is 234 g/mol. The number of esters is 1. The average Bonchev–Trinajstić information content (AvgIpc) is 2.15. The molecule has 0 spiro atoms. The molecule has 0 heterocycles. The average molecular weight is 261 g/mol. The summed E-state index contributed by atoms with van der Waals surface area (Å²) in [4.78, 5) is 11.9. The Labute approximate surface area is 110 Å². The minimum Gasteiger partial charge on any atom is -0.460 e. The highest BCUT2D eigenvalue weighted by molar-refractivity contribution is 5.70. The second kappa shape index (κ2) is 7.71. The molecular formula is C13H27NO4. The molecule has 0 bridgehead atoms. The molecule has 0 radical (unpaired) electrons. The van der Waals surface area contributed by atoms with Crippen LogP contribution >= 0.6 is 0 Å².